The zero-order valence-corrected chi connectivity index (χ0v) is 21.3. The zero-order chi connectivity index (χ0) is 23.6. The second-order valence-electron chi connectivity index (χ2n) is 8.18. The molecule has 1 N–H and O–H groups in total. The first-order valence-electron chi connectivity index (χ1n) is 10.8. The van der Waals surface area contributed by atoms with Crippen LogP contribution >= 0.6 is 23.1 Å². The van der Waals surface area contributed by atoms with Gasteiger partial charge in [0, 0.05) is 34.8 Å². The van der Waals surface area contributed by atoms with Gasteiger partial charge in [-0.05, 0) is 74.4 Å². The molecular formula is C24H27N3O3S3. The van der Waals surface area contributed by atoms with Crippen LogP contribution in [0.25, 0.3) is 11.3 Å². The molecule has 1 amide bonds. The Morgan fingerprint density at radius 2 is 1.79 bits per heavy atom. The molecule has 0 atom stereocenters. The number of carbonyl (C=O) groups is 1. The van der Waals surface area contributed by atoms with Crippen LogP contribution in [0.4, 0.5) is 5.13 Å². The molecule has 1 fully saturated rings. The van der Waals surface area contributed by atoms with Crippen molar-refractivity contribution in [2.75, 3.05) is 24.7 Å². The number of amides is 1. The van der Waals surface area contributed by atoms with Crippen molar-refractivity contribution in [1.82, 2.24) is 9.29 Å². The Labute approximate surface area is 203 Å². The van der Waals surface area contributed by atoms with E-state index in [2.05, 4.69) is 36.3 Å². The normalized spacial score (nSPS) is 15.5. The van der Waals surface area contributed by atoms with Crippen molar-refractivity contribution < 1.29 is 13.2 Å². The quantitative estimate of drug-likeness (QED) is 0.470. The summed E-state index contributed by atoms with van der Waals surface area (Å²) < 4.78 is 27.4. The van der Waals surface area contributed by atoms with E-state index in [9.17, 15) is 13.2 Å². The smallest absolute Gasteiger partial charge is 0.243 e. The Kier molecular flexibility index (Phi) is 7.23. The molecule has 1 aliphatic heterocycles. The predicted molar refractivity (Wildman–Crippen MR) is 135 cm³/mol. The summed E-state index contributed by atoms with van der Waals surface area (Å²) >= 11 is 2.97. The third-order valence-electron chi connectivity index (χ3n) is 6.06. The van der Waals surface area contributed by atoms with Gasteiger partial charge in [-0.1, -0.05) is 12.1 Å². The van der Waals surface area contributed by atoms with Crippen LogP contribution in [0.3, 0.4) is 0 Å². The minimum atomic E-state index is -3.55. The minimum absolute atomic E-state index is 0.0997. The number of anilines is 1. The monoisotopic (exact) mass is 501 g/mol. The molecule has 33 heavy (non-hydrogen) atoms. The van der Waals surface area contributed by atoms with Crippen LogP contribution in [0, 0.1) is 19.8 Å². The molecular weight excluding hydrogens is 474 g/mol. The van der Waals surface area contributed by atoms with Crippen molar-refractivity contribution in [3.8, 4) is 11.3 Å². The van der Waals surface area contributed by atoms with Crippen LogP contribution in [0.1, 0.15) is 24.0 Å². The highest BCUT2D eigenvalue weighted by Crippen LogP contribution is 2.29. The van der Waals surface area contributed by atoms with Gasteiger partial charge < -0.3 is 5.32 Å². The molecule has 0 spiro atoms. The molecule has 0 bridgehead atoms. The van der Waals surface area contributed by atoms with Gasteiger partial charge in [-0.2, -0.15) is 4.31 Å². The molecule has 174 valence electrons. The number of nitrogens with one attached hydrogen (secondary N) is 1. The summed E-state index contributed by atoms with van der Waals surface area (Å²) in [4.78, 5) is 18.7. The van der Waals surface area contributed by atoms with Gasteiger partial charge in [0.15, 0.2) is 5.13 Å². The molecule has 1 aliphatic rings. The maximum absolute atomic E-state index is 12.9. The fraction of sp³-hybridized carbons (Fsp3) is 0.333. The second-order valence-corrected chi connectivity index (χ2v) is 11.9. The van der Waals surface area contributed by atoms with Gasteiger partial charge in [-0.3, -0.25) is 4.79 Å². The lowest BCUT2D eigenvalue weighted by molar-refractivity contribution is -0.120. The lowest BCUT2D eigenvalue weighted by atomic mass is 9.97. The van der Waals surface area contributed by atoms with Gasteiger partial charge >= 0.3 is 0 Å². The highest BCUT2D eigenvalue weighted by atomic mass is 32.2. The highest BCUT2D eigenvalue weighted by Gasteiger charge is 2.32. The molecule has 4 rings (SSSR count). The summed E-state index contributed by atoms with van der Waals surface area (Å²) in [6.45, 7) is 4.80. The van der Waals surface area contributed by atoms with Crippen LogP contribution in [0.5, 0.6) is 0 Å². The van der Waals surface area contributed by atoms with Gasteiger partial charge in [0.1, 0.15) is 0 Å². The highest BCUT2D eigenvalue weighted by molar-refractivity contribution is 7.98. The van der Waals surface area contributed by atoms with E-state index in [1.54, 1.807) is 23.9 Å². The van der Waals surface area contributed by atoms with Crippen LogP contribution in [0.15, 0.2) is 57.6 Å². The number of hydrogen-bond acceptors (Lipinski definition) is 6. The first kappa shape index (κ1) is 23.9. The SMILES string of the molecule is CSc1ccc(S(=O)(=O)N2CCC(C(=O)Nc3nc(-c4ccc(C)c(C)c4)cs3)CC2)cc1. The van der Waals surface area contributed by atoms with Crippen LogP contribution < -0.4 is 5.32 Å². The molecule has 1 saturated heterocycles. The van der Waals surface area contributed by atoms with Gasteiger partial charge in [0.2, 0.25) is 15.9 Å². The lowest BCUT2D eigenvalue weighted by Crippen LogP contribution is -2.41. The molecule has 1 aromatic heterocycles. The molecule has 2 aromatic carbocycles. The van der Waals surface area contributed by atoms with Crippen molar-refractivity contribution in [2.45, 2.75) is 36.5 Å². The van der Waals surface area contributed by atoms with Crippen LogP contribution in [0.2, 0.25) is 0 Å². The van der Waals surface area contributed by atoms with E-state index >= 15 is 0 Å². The average Bonchev–Trinajstić information content (AvgIpc) is 3.29. The molecule has 0 radical (unpaired) electrons. The minimum Gasteiger partial charge on any atom is -0.302 e. The number of carbonyl (C=O) groups excluding carboxylic acids is 1. The van der Waals surface area contributed by atoms with Crippen molar-refractivity contribution in [1.29, 1.82) is 0 Å². The van der Waals surface area contributed by atoms with E-state index in [-0.39, 0.29) is 11.8 Å². The molecule has 3 aromatic rings. The largest absolute Gasteiger partial charge is 0.302 e. The van der Waals surface area contributed by atoms with E-state index < -0.39 is 10.0 Å². The molecule has 2 heterocycles. The van der Waals surface area contributed by atoms with Gasteiger partial charge in [0.05, 0.1) is 10.6 Å². The van der Waals surface area contributed by atoms with E-state index in [4.69, 9.17) is 0 Å². The van der Waals surface area contributed by atoms with Crippen molar-refractivity contribution in [2.24, 2.45) is 5.92 Å². The first-order chi connectivity index (χ1) is 15.8. The third kappa shape index (κ3) is 5.32. The fourth-order valence-corrected chi connectivity index (χ4v) is 6.43. The number of aromatic nitrogens is 1. The molecule has 0 unspecified atom stereocenters. The number of piperidine rings is 1. The number of nitrogens with zero attached hydrogens (tertiary/aromatic N) is 2. The van der Waals surface area contributed by atoms with Crippen LogP contribution in [-0.2, 0) is 14.8 Å². The van der Waals surface area contributed by atoms with E-state index in [0.717, 1.165) is 16.2 Å². The number of hydrogen-bond donors (Lipinski definition) is 1. The van der Waals surface area contributed by atoms with Crippen molar-refractivity contribution in [3.05, 3.63) is 59.0 Å². The molecule has 0 saturated carbocycles. The molecule has 6 nitrogen and oxygen atoms in total. The molecule has 0 aliphatic carbocycles. The Morgan fingerprint density at radius 1 is 1.09 bits per heavy atom. The topological polar surface area (TPSA) is 79.4 Å². The maximum Gasteiger partial charge on any atom is 0.243 e. The average molecular weight is 502 g/mol. The number of thioether (sulfide) groups is 1. The van der Waals surface area contributed by atoms with Crippen LogP contribution in [-0.4, -0.2) is 43.0 Å². The van der Waals surface area contributed by atoms with Gasteiger partial charge in [0.25, 0.3) is 0 Å². The Bertz CT molecular complexity index is 1250. The Balaban J connectivity index is 1.36. The van der Waals surface area contributed by atoms with Gasteiger partial charge in [-0.25, -0.2) is 13.4 Å². The van der Waals surface area contributed by atoms with E-state index in [1.165, 1.54) is 26.8 Å². The molecule has 9 heteroatoms. The number of thiazole rings is 1. The summed E-state index contributed by atoms with van der Waals surface area (Å²) in [6.07, 6.45) is 2.93. The number of sulfonamides is 1. The standard InChI is InChI=1S/C24H27N3O3S3/c1-16-4-5-19(14-17(16)2)22-15-32-24(25-22)26-23(28)18-10-12-27(13-11-18)33(29,30)21-8-6-20(31-3)7-9-21/h4-9,14-15,18H,10-13H2,1-3H3,(H,25,26,28). The Morgan fingerprint density at radius 3 is 2.42 bits per heavy atom. The second kappa shape index (κ2) is 9.97. The fourth-order valence-electron chi connectivity index (χ4n) is 3.83. The van der Waals surface area contributed by atoms with Crippen molar-refractivity contribution in [3.63, 3.8) is 0 Å². The maximum atomic E-state index is 12.9. The van der Waals surface area contributed by atoms with Crippen molar-refractivity contribution >= 4 is 44.2 Å². The first-order valence-corrected chi connectivity index (χ1v) is 14.3. The summed E-state index contributed by atoms with van der Waals surface area (Å²) in [5.41, 5.74) is 4.30. The summed E-state index contributed by atoms with van der Waals surface area (Å²) in [5.74, 6) is -0.332. The summed E-state index contributed by atoms with van der Waals surface area (Å²) in [6, 6.07) is 13.1. The zero-order valence-electron chi connectivity index (χ0n) is 18.9. The van der Waals surface area contributed by atoms with E-state index in [1.807, 2.05) is 29.8 Å². The third-order valence-corrected chi connectivity index (χ3v) is 9.47. The number of benzene rings is 2. The Hall–Kier alpha value is -2.20. The number of rotatable bonds is 6. The summed E-state index contributed by atoms with van der Waals surface area (Å²) in [7, 11) is -3.55. The number of aryl methyl sites for hydroxylation is 2. The summed E-state index contributed by atoms with van der Waals surface area (Å²) in [5, 5.41) is 5.43. The predicted octanol–water partition coefficient (Wildman–Crippen LogP) is 5.19. The van der Waals surface area contributed by atoms with Gasteiger partial charge in [-0.15, -0.1) is 23.1 Å². The van der Waals surface area contributed by atoms with E-state index in [0.29, 0.717) is 36.0 Å². The lowest BCUT2D eigenvalue weighted by Gasteiger charge is -2.30.